The van der Waals surface area contributed by atoms with Gasteiger partial charge in [-0.3, -0.25) is 5.10 Å². The van der Waals surface area contributed by atoms with Gasteiger partial charge in [0, 0.05) is 37.6 Å². The van der Waals surface area contributed by atoms with Crippen LogP contribution in [0.3, 0.4) is 0 Å². The molecular weight excluding hydrogens is 240 g/mol. The lowest BCUT2D eigenvalue weighted by molar-refractivity contribution is 0.289. The van der Waals surface area contributed by atoms with Gasteiger partial charge in [-0.05, 0) is 18.9 Å². The molecule has 0 spiro atoms. The second kappa shape index (κ2) is 5.16. The van der Waals surface area contributed by atoms with E-state index in [1.54, 1.807) is 10.5 Å². The Kier molecular flexibility index (Phi) is 3.80. The summed E-state index contributed by atoms with van der Waals surface area (Å²) in [5.41, 5.74) is 1.05. The first-order valence-corrected chi connectivity index (χ1v) is 7.57. The molecule has 0 bridgehead atoms. The normalized spacial score (nSPS) is 19.6. The third-order valence-electron chi connectivity index (χ3n) is 3.06. The Morgan fingerprint density at radius 1 is 1.53 bits per heavy atom. The molecule has 6 nitrogen and oxygen atoms in total. The molecule has 0 aromatic carbocycles. The molecule has 2 rings (SSSR count). The Morgan fingerprint density at radius 3 is 2.76 bits per heavy atom. The summed E-state index contributed by atoms with van der Waals surface area (Å²) in [5.74, 6) is 0. The predicted octanol–water partition coefficient (Wildman–Crippen LogP) is -0.0767. The van der Waals surface area contributed by atoms with E-state index >= 15 is 0 Å². The van der Waals surface area contributed by atoms with Crippen LogP contribution in [-0.4, -0.2) is 48.3 Å². The zero-order chi connectivity index (χ0) is 12.3. The highest BCUT2D eigenvalue weighted by Gasteiger charge is 2.24. The van der Waals surface area contributed by atoms with Gasteiger partial charge in [-0.25, -0.2) is 12.7 Å². The fraction of sp³-hybridized carbons (Fsp3) is 0.700. The minimum absolute atomic E-state index is 0.385. The Hall–Kier alpha value is -0.920. The number of piperidine rings is 1. The van der Waals surface area contributed by atoms with E-state index in [2.05, 4.69) is 15.5 Å². The van der Waals surface area contributed by atoms with E-state index in [1.807, 2.05) is 6.07 Å². The molecule has 0 atom stereocenters. The third kappa shape index (κ3) is 3.52. The predicted molar refractivity (Wildman–Crippen MR) is 64.9 cm³/mol. The third-order valence-corrected chi connectivity index (χ3v) is 4.37. The lowest BCUT2D eigenvalue weighted by atomic mass is 10.1. The highest BCUT2D eigenvalue weighted by molar-refractivity contribution is 7.88. The summed E-state index contributed by atoms with van der Waals surface area (Å²) in [7, 11) is -3.02. The fourth-order valence-electron chi connectivity index (χ4n) is 2.03. The van der Waals surface area contributed by atoms with Crippen LogP contribution in [0.4, 0.5) is 0 Å². The van der Waals surface area contributed by atoms with E-state index in [-0.39, 0.29) is 0 Å². The van der Waals surface area contributed by atoms with Gasteiger partial charge < -0.3 is 5.32 Å². The Labute approximate surface area is 101 Å². The number of H-pyrrole nitrogens is 1. The molecule has 1 fully saturated rings. The van der Waals surface area contributed by atoms with Gasteiger partial charge in [0.15, 0.2) is 0 Å². The van der Waals surface area contributed by atoms with Crippen molar-refractivity contribution in [3.63, 3.8) is 0 Å². The molecule has 17 heavy (non-hydrogen) atoms. The molecule has 96 valence electrons. The van der Waals surface area contributed by atoms with Crippen molar-refractivity contribution >= 4 is 10.0 Å². The van der Waals surface area contributed by atoms with Crippen molar-refractivity contribution in [2.45, 2.75) is 25.4 Å². The summed E-state index contributed by atoms with van der Waals surface area (Å²) >= 11 is 0. The molecule has 0 aliphatic carbocycles. The average molecular weight is 258 g/mol. The van der Waals surface area contributed by atoms with Gasteiger partial charge in [-0.1, -0.05) is 0 Å². The van der Waals surface area contributed by atoms with E-state index in [9.17, 15) is 8.42 Å². The van der Waals surface area contributed by atoms with Crippen molar-refractivity contribution in [1.82, 2.24) is 19.8 Å². The van der Waals surface area contributed by atoms with E-state index in [4.69, 9.17) is 0 Å². The van der Waals surface area contributed by atoms with Gasteiger partial charge in [0.1, 0.15) is 0 Å². The molecule has 1 aromatic heterocycles. The number of nitrogens with zero attached hydrogens (tertiary/aromatic N) is 2. The topological polar surface area (TPSA) is 78.1 Å². The van der Waals surface area contributed by atoms with Crippen LogP contribution in [0.5, 0.6) is 0 Å². The zero-order valence-corrected chi connectivity index (χ0v) is 10.7. The quantitative estimate of drug-likeness (QED) is 0.792. The maximum absolute atomic E-state index is 11.3. The minimum Gasteiger partial charge on any atom is -0.308 e. The monoisotopic (exact) mass is 258 g/mol. The molecule has 2 heterocycles. The number of aromatic amines is 1. The van der Waals surface area contributed by atoms with Crippen molar-refractivity contribution in [1.29, 1.82) is 0 Å². The van der Waals surface area contributed by atoms with Crippen LogP contribution in [0.1, 0.15) is 18.5 Å². The number of hydrogen-bond donors (Lipinski definition) is 2. The molecule has 0 radical (unpaired) electrons. The van der Waals surface area contributed by atoms with Crippen molar-refractivity contribution in [2.75, 3.05) is 19.3 Å². The molecule has 0 saturated carbocycles. The SMILES string of the molecule is CS(=O)(=O)N1CCC(NCc2ccn[nH]2)CC1. The molecule has 0 amide bonds. The largest absolute Gasteiger partial charge is 0.308 e. The molecule has 1 aliphatic rings. The molecule has 1 aromatic rings. The first kappa shape index (κ1) is 12.5. The number of nitrogens with one attached hydrogen (secondary N) is 2. The number of aromatic nitrogens is 2. The first-order valence-electron chi connectivity index (χ1n) is 5.72. The standard InChI is InChI=1S/C10H18N4O2S/c1-17(15,16)14-6-3-9(4-7-14)11-8-10-2-5-12-13-10/h2,5,9,11H,3-4,6-8H2,1H3,(H,12,13). The zero-order valence-electron chi connectivity index (χ0n) is 9.89. The summed E-state index contributed by atoms with van der Waals surface area (Å²) in [5, 5.41) is 10.2. The summed E-state index contributed by atoms with van der Waals surface area (Å²) in [6, 6.07) is 2.31. The highest BCUT2D eigenvalue weighted by atomic mass is 32.2. The van der Waals surface area contributed by atoms with E-state index in [0.29, 0.717) is 19.1 Å². The lowest BCUT2D eigenvalue weighted by Crippen LogP contribution is -2.44. The van der Waals surface area contributed by atoms with Crippen LogP contribution in [0, 0.1) is 0 Å². The van der Waals surface area contributed by atoms with Crippen LogP contribution in [0.15, 0.2) is 12.3 Å². The summed E-state index contributed by atoms with van der Waals surface area (Å²) < 4.78 is 24.2. The molecular formula is C10H18N4O2S. The van der Waals surface area contributed by atoms with Crippen LogP contribution in [-0.2, 0) is 16.6 Å². The van der Waals surface area contributed by atoms with Gasteiger partial charge in [0.05, 0.1) is 6.26 Å². The maximum atomic E-state index is 11.3. The van der Waals surface area contributed by atoms with Gasteiger partial charge in [0.2, 0.25) is 10.0 Å². The second-order valence-electron chi connectivity index (χ2n) is 4.40. The Balaban J connectivity index is 1.76. The van der Waals surface area contributed by atoms with Crippen molar-refractivity contribution in [3.8, 4) is 0 Å². The fourth-order valence-corrected chi connectivity index (χ4v) is 2.90. The smallest absolute Gasteiger partial charge is 0.211 e. The second-order valence-corrected chi connectivity index (χ2v) is 6.38. The number of sulfonamides is 1. The molecule has 1 saturated heterocycles. The van der Waals surface area contributed by atoms with Crippen LogP contribution in [0.2, 0.25) is 0 Å². The van der Waals surface area contributed by atoms with Crippen molar-refractivity contribution in [3.05, 3.63) is 18.0 Å². The Bertz CT molecular complexity index is 435. The van der Waals surface area contributed by atoms with E-state index in [1.165, 1.54) is 6.26 Å². The number of rotatable bonds is 4. The molecule has 1 aliphatic heterocycles. The van der Waals surface area contributed by atoms with E-state index in [0.717, 1.165) is 25.1 Å². The van der Waals surface area contributed by atoms with Crippen molar-refractivity contribution in [2.24, 2.45) is 0 Å². The first-order chi connectivity index (χ1) is 8.05. The lowest BCUT2D eigenvalue weighted by Gasteiger charge is -2.30. The van der Waals surface area contributed by atoms with Gasteiger partial charge in [0.25, 0.3) is 0 Å². The van der Waals surface area contributed by atoms with Gasteiger partial charge in [-0.2, -0.15) is 5.10 Å². The van der Waals surface area contributed by atoms with Crippen LogP contribution >= 0.6 is 0 Å². The minimum atomic E-state index is -3.02. The maximum Gasteiger partial charge on any atom is 0.211 e. The van der Waals surface area contributed by atoms with Gasteiger partial charge in [-0.15, -0.1) is 0 Å². The molecule has 7 heteroatoms. The summed E-state index contributed by atoms with van der Waals surface area (Å²) in [6.07, 6.45) is 4.72. The highest BCUT2D eigenvalue weighted by Crippen LogP contribution is 2.13. The van der Waals surface area contributed by atoms with Crippen molar-refractivity contribution < 1.29 is 8.42 Å². The molecule has 2 N–H and O–H groups in total. The van der Waals surface area contributed by atoms with E-state index < -0.39 is 10.0 Å². The van der Waals surface area contributed by atoms with Gasteiger partial charge >= 0.3 is 0 Å². The van der Waals surface area contributed by atoms with Crippen LogP contribution < -0.4 is 5.32 Å². The number of hydrogen-bond acceptors (Lipinski definition) is 4. The molecule has 0 unspecified atom stereocenters. The Morgan fingerprint density at radius 2 is 2.24 bits per heavy atom. The summed E-state index contributed by atoms with van der Waals surface area (Å²) in [6.45, 7) is 1.97. The average Bonchev–Trinajstić information content (AvgIpc) is 2.78. The van der Waals surface area contributed by atoms with Crippen LogP contribution in [0.25, 0.3) is 0 Å². The summed E-state index contributed by atoms with van der Waals surface area (Å²) in [4.78, 5) is 0.